The van der Waals surface area contributed by atoms with Crippen LogP contribution in [0.5, 0.6) is 0 Å². The average Bonchev–Trinajstić information content (AvgIpc) is 2.23. The number of carbonyl (C=O) groups is 3. The first-order valence-corrected chi connectivity index (χ1v) is 6.78. The summed E-state index contributed by atoms with van der Waals surface area (Å²) in [6.45, 7) is 0.490. The van der Waals surface area contributed by atoms with Gasteiger partial charge in [0.2, 0.25) is 5.91 Å². The van der Waals surface area contributed by atoms with Crippen LogP contribution in [0.3, 0.4) is 0 Å². The third-order valence-electron chi connectivity index (χ3n) is 2.25. The lowest BCUT2D eigenvalue weighted by atomic mass is 10.1. The molecule has 0 bridgehead atoms. The highest BCUT2D eigenvalue weighted by molar-refractivity contribution is 7.87. The third-order valence-corrected chi connectivity index (χ3v) is 3.37. The van der Waals surface area contributed by atoms with Crippen LogP contribution in [0, 0.1) is 0 Å². The lowest BCUT2D eigenvalue weighted by molar-refractivity contribution is -0.137. The number of ketones is 1. The second kappa shape index (κ2) is 7.16. The summed E-state index contributed by atoms with van der Waals surface area (Å²) in [6, 6.07) is -1.35. The average molecular weight is 296 g/mol. The summed E-state index contributed by atoms with van der Waals surface area (Å²) in [5, 5.41) is 8.61. The SMILES string of the molecule is CC(=O)NCC(C(=O)C(N)CCC(=O)O)S(=O)(=O)O. The number of Topliss-reactive ketones (excluding diaryl/α,β-unsaturated/α-hetero) is 1. The minimum atomic E-state index is -4.74. The quantitative estimate of drug-likeness (QED) is 0.379. The molecule has 1 amide bonds. The predicted octanol–water partition coefficient (Wildman–Crippen LogP) is -1.86. The Morgan fingerprint density at radius 2 is 1.84 bits per heavy atom. The Labute approximate surface area is 109 Å². The number of rotatable bonds is 8. The van der Waals surface area contributed by atoms with Gasteiger partial charge in [0, 0.05) is 19.9 Å². The van der Waals surface area contributed by atoms with E-state index in [1.165, 1.54) is 0 Å². The van der Waals surface area contributed by atoms with Gasteiger partial charge < -0.3 is 16.2 Å². The van der Waals surface area contributed by atoms with Gasteiger partial charge in [0.1, 0.15) is 0 Å². The second-order valence-electron chi connectivity index (χ2n) is 3.88. The maximum absolute atomic E-state index is 11.7. The maximum Gasteiger partial charge on any atom is 0.303 e. The topological polar surface area (TPSA) is 164 Å². The molecule has 0 saturated heterocycles. The molecule has 0 heterocycles. The molecule has 0 aromatic carbocycles. The van der Waals surface area contributed by atoms with Crippen LogP contribution in [0.1, 0.15) is 19.8 Å². The van der Waals surface area contributed by atoms with Gasteiger partial charge in [0.25, 0.3) is 10.1 Å². The molecule has 9 nitrogen and oxygen atoms in total. The van der Waals surface area contributed by atoms with E-state index in [1.807, 2.05) is 0 Å². The van der Waals surface area contributed by atoms with Crippen molar-refractivity contribution in [3.63, 3.8) is 0 Å². The van der Waals surface area contributed by atoms with Crippen molar-refractivity contribution in [3.05, 3.63) is 0 Å². The van der Waals surface area contributed by atoms with E-state index in [2.05, 4.69) is 5.32 Å². The largest absolute Gasteiger partial charge is 0.481 e. The molecule has 0 aliphatic heterocycles. The van der Waals surface area contributed by atoms with Crippen LogP contribution in [0.15, 0.2) is 0 Å². The van der Waals surface area contributed by atoms with Crippen molar-refractivity contribution in [2.75, 3.05) is 6.54 Å². The van der Waals surface area contributed by atoms with Crippen molar-refractivity contribution in [3.8, 4) is 0 Å². The molecular formula is C9H16N2O7S. The van der Waals surface area contributed by atoms with Gasteiger partial charge in [0.15, 0.2) is 11.0 Å². The van der Waals surface area contributed by atoms with Gasteiger partial charge in [-0.05, 0) is 6.42 Å². The molecule has 0 aromatic rings. The molecule has 0 aromatic heterocycles. The van der Waals surface area contributed by atoms with Gasteiger partial charge in [0.05, 0.1) is 6.04 Å². The standard InChI is InChI=1S/C9H16N2O7S/c1-5(12)11-4-7(19(16,17)18)9(15)6(10)2-3-8(13)14/h6-7H,2-4,10H2,1H3,(H,11,12)(H,13,14)(H,16,17,18). The summed E-state index contributed by atoms with van der Waals surface area (Å²) >= 11 is 0. The van der Waals surface area contributed by atoms with Crippen LogP contribution in [-0.4, -0.2) is 53.6 Å². The van der Waals surface area contributed by atoms with E-state index < -0.39 is 52.0 Å². The van der Waals surface area contributed by atoms with Crippen molar-refractivity contribution in [2.45, 2.75) is 31.1 Å². The molecule has 2 atom stereocenters. The summed E-state index contributed by atoms with van der Waals surface area (Å²) in [4.78, 5) is 32.7. The maximum atomic E-state index is 11.7. The van der Waals surface area contributed by atoms with E-state index in [0.29, 0.717) is 0 Å². The van der Waals surface area contributed by atoms with E-state index in [9.17, 15) is 22.8 Å². The Kier molecular flexibility index (Phi) is 6.59. The number of carbonyl (C=O) groups excluding carboxylic acids is 2. The first kappa shape index (κ1) is 17.5. The molecule has 0 aliphatic carbocycles. The summed E-state index contributed by atoms with van der Waals surface area (Å²) in [7, 11) is -4.74. The molecule has 19 heavy (non-hydrogen) atoms. The van der Waals surface area contributed by atoms with Crippen LogP contribution in [0.25, 0.3) is 0 Å². The van der Waals surface area contributed by atoms with Gasteiger partial charge in [-0.2, -0.15) is 8.42 Å². The van der Waals surface area contributed by atoms with Crippen LogP contribution in [0.4, 0.5) is 0 Å². The lowest BCUT2D eigenvalue weighted by Crippen LogP contribution is -2.48. The van der Waals surface area contributed by atoms with Gasteiger partial charge in [-0.1, -0.05) is 0 Å². The molecular weight excluding hydrogens is 280 g/mol. The van der Waals surface area contributed by atoms with Crippen LogP contribution in [0.2, 0.25) is 0 Å². The zero-order valence-corrected chi connectivity index (χ0v) is 11.0. The summed E-state index contributed by atoms with van der Waals surface area (Å²) in [5.74, 6) is -2.81. The predicted molar refractivity (Wildman–Crippen MR) is 63.9 cm³/mol. The molecule has 10 heteroatoms. The van der Waals surface area contributed by atoms with E-state index in [1.54, 1.807) is 0 Å². The normalized spacial score (nSPS) is 14.5. The van der Waals surface area contributed by atoms with Crippen molar-refractivity contribution in [1.82, 2.24) is 5.32 Å². The Balaban J connectivity index is 4.81. The number of nitrogens with one attached hydrogen (secondary N) is 1. The second-order valence-corrected chi connectivity index (χ2v) is 5.48. The zero-order valence-electron chi connectivity index (χ0n) is 10.2. The molecule has 0 fully saturated rings. The van der Waals surface area contributed by atoms with Crippen molar-refractivity contribution in [2.24, 2.45) is 5.73 Å². The molecule has 0 aliphatic rings. The van der Waals surface area contributed by atoms with Gasteiger partial charge >= 0.3 is 5.97 Å². The Morgan fingerprint density at radius 3 is 2.21 bits per heavy atom. The minimum Gasteiger partial charge on any atom is -0.481 e. The first-order chi connectivity index (χ1) is 8.55. The third kappa shape index (κ3) is 6.84. The summed E-state index contributed by atoms with van der Waals surface area (Å²) in [5.41, 5.74) is 5.37. The van der Waals surface area contributed by atoms with Crippen molar-refractivity contribution >= 4 is 27.8 Å². The fourth-order valence-electron chi connectivity index (χ4n) is 1.25. The molecule has 110 valence electrons. The molecule has 0 radical (unpaired) electrons. The van der Waals surface area contributed by atoms with Gasteiger partial charge in [-0.25, -0.2) is 0 Å². The number of carboxylic acid groups (broad SMARTS) is 1. The molecule has 0 spiro atoms. The van der Waals surface area contributed by atoms with Gasteiger partial charge in [-0.15, -0.1) is 0 Å². The highest BCUT2D eigenvalue weighted by Crippen LogP contribution is 2.06. The smallest absolute Gasteiger partial charge is 0.303 e. The molecule has 0 rings (SSSR count). The molecule has 0 saturated carbocycles. The fraction of sp³-hybridized carbons (Fsp3) is 0.667. The van der Waals surface area contributed by atoms with E-state index in [4.69, 9.17) is 15.4 Å². The van der Waals surface area contributed by atoms with Crippen molar-refractivity contribution in [1.29, 1.82) is 0 Å². The highest BCUT2D eigenvalue weighted by Gasteiger charge is 2.34. The number of amides is 1. The minimum absolute atomic E-state index is 0.264. The Hall–Kier alpha value is -1.52. The van der Waals surface area contributed by atoms with E-state index >= 15 is 0 Å². The highest BCUT2D eigenvalue weighted by atomic mass is 32.2. The Bertz CT molecular complexity index is 459. The van der Waals surface area contributed by atoms with Crippen LogP contribution in [-0.2, 0) is 24.5 Å². The van der Waals surface area contributed by atoms with Gasteiger partial charge in [-0.3, -0.25) is 18.9 Å². The zero-order chi connectivity index (χ0) is 15.2. The first-order valence-electron chi connectivity index (χ1n) is 5.27. The molecule has 2 unspecified atom stereocenters. The number of hydrogen-bond donors (Lipinski definition) is 4. The number of carboxylic acids is 1. The van der Waals surface area contributed by atoms with Crippen LogP contribution >= 0.6 is 0 Å². The molecule has 5 N–H and O–H groups in total. The lowest BCUT2D eigenvalue weighted by Gasteiger charge is -2.17. The number of hydrogen-bond acceptors (Lipinski definition) is 6. The van der Waals surface area contributed by atoms with Crippen molar-refractivity contribution < 1.29 is 32.5 Å². The number of nitrogens with two attached hydrogens (primary N) is 1. The Morgan fingerprint density at radius 1 is 1.32 bits per heavy atom. The summed E-state index contributed by atoms with van der Waals surface area (Å²) < 4.78 is 31.0. The van der Waals surface area contributed by atoms with E-state index in [0.717, 1.165) is 6.92 Å². The summed E-state index contributed by atoms with van der Waals surface area (Å²) in [6.07, 6.45) is -0.675. The fourth-order valence-corrected chi connectivity index (χ4v) is 2.01. The number of aliphatic carboxylic acids is 1. The van der Waals surface area contributed by atoms with Crippen LogP contribution < -0.4 is 11.1 Å². The monoisotopic (exact) mass is 296 g/mol. The van der Waals surface area contributed by atoms with E-state index in [-0.39, 0.29) is 6.42 Å².